The largest absolute Gasteiger partial charge is 0.373 e. The highest BCUT2D eigenvalue weighted by Gasteiger charge is 2.19. The van der Waals surface area contributed by atoms with Crippen molar-refractivity contribution in [3.05, 3.63) is 65.6 Å². The Balaban J connectivity index is 1.39. The molecule has 0 spiro atoms. The topological polar surface area (TPSA) is 85.9 Å². The van der Waals surface area contributed by atoms with E-state index in [0.29, 0.717) is 17.0 Å². The third-order valence-corrected chi connectivity index (χ3v) is 6.81. The molecule has 0 aliphatic carbocycles. The molecule has 1 saturated heterocycles. The number of hydrogen-bond donors (Lipinski definition) is 2. The molecule has 0 radical (unpaired) electrons. The fraction of sp³-hybridized carbons (Fsp3) is 0.360. The first-order valence-electron chi connectivity index (χ1n) is 11.6. The van der Waals surface area contributed by atoms with Gasteiger partial charge in [-0.15, -0.1) is 0 Å². The van der Waals surface area contributed by atoms with E-state index >= 15 is 0 Å². The van der Waals surface area contributed by atoms with Gasteiger partial charge in [0.25, 0.3) is 0 Å². The Bertz CT molecular complexity index is 1330. The van der Waals surface area contributed by atoms with Crippen LogP contribution in [0.4, 0.5) is 5.82 Å². The molecule has 34 heavy (non-hydrogen) atoms. The molecule has 1 aliphatic rings. The summed E-state index contributed by atoms with van der Waals surface area (Å²) >= 11 is 6.64. The maximum absolute atomic E-state index is 6.64. The molecule has 1 fully saturated rings. The third-order valence-electron chi connectivity index (χ3n) is 6.49. The lowest BCUT2D eigenvalue weighted by molar-refractivity contribution is 0.160. The first-order chi connectivity index (χ1) is 16.5. The van der Waals surface area contributed by atoms with Gasteiger partial charge in [0.2, 0.25) is 0 Å². The number of allylic oxidation sites excluding steroid dienone is 1. The van der Waals surface area contributed by atoms with Crippen LogP contribution >= 0.6 is 11.6 Å². The zero-order chi connectivity index (χ0) is 23.7. The Labute approximate surface area is 204 Å². The number of nitrogens with zero attached hydrogens (tertiary/aromatic N) is 6. The van der Waals surface area contributed by atoms with Gasteiger partial charge < -0.3 is 15.2 Å². The molecule has 1 aromatic carbocycles. The predicted octanol–water partition coefficient (Wildman–Crippen LogP) is 4.42. The molecule has 3 aromatic heterocycles. The summed E-state index contributed by atoms with van der Waals surface area (Å²) in [6.45, 7) is 13.3. The average molecular weight is 477 g/mol. The number of benzene rings is 1. The van der Waals surface area contributed by atoms with E-state index in [9.17, 15) is 0 Å². The molecule has 0 saturated carbocycles. The number of anilines is 1. The molecule has 176 valence electrons. The first kappa shape index (κ1) is 22.6. The quantitative estimate of drug-likeness (QED) is 0.408. The number of aromatic nitrogens is 5. The number of piperazine rings is 1. The van der Waals surface area contributed by atoms with Crippen LogP contribution in [0, 0.1) is 0 Å². The summed E-state index contributed by atoms with van der Waals surface area (Å²) in [5, 5.41) is 6.34. The van der Waals surface area contributed by atoms with E-state index in [1.165, 1.54) is 6.33 Å². The SMILES string of the molecule is C=C(C)N1CCN(CCc2nc(C(C)Nc3ncnc4[nH]cnc34)cc3cccc(Cl)c23)CC1. The molecule has 1 aliphatic heterocycles. The summed E-state index contributed by atoms with van der Waals surface area (Å²) in [5.41, 5.74) is 4.53. The summed E-state index contributed by atoms with van der Waals surface area (Å²) in [4.78, 5) is 25.9. The molecule has 0 amide bonds. The lowest BCUT2D eigenvalue weighted by Crippen LogP contribution is -2.45. The van der Waals surface area contributed by atoms with Gasteiger partial charge in [-0.05, 0) is 31.4 Å². The Hall–Kier alpha value is -3.23. The molecule has 9 heteroatoms. The van der Waals surface area contributed by atoms with Gasteiger partial charge in [-0.25, -0.2) is 15.0 Å². The molecule has 8 nitrogen and oxygen atoms in total. The molecule has 2 N–H and O–H groups in total. The Kier molecular flexibility index (Phi) is 6.34. The van der Waals surface area contributed by atoms with E-state index in [1.54, 1.807) is 6.33 Å². The van der Waals surface area contributed by atoms with Crippen LogP contribution in [0.1, 0.15) is 31.3 Å². The summed E-state index contributed by atoms with van der Waals surface area (Å²) < 4.78 is 0. The van der Waals surface area contributed by atoms with Crippen LogP contribution in [-0.4, -0.2) is 67.4 Å². The number of H-pyrrole nitrogens is 1. The van der Waals surface area contributed by atoms with Crippen LogP contribution in [0.3, 0.4) is 0 Å². The minimum Gasteiger partial charge on any atom is -0.373 e. The van der Waals surface area contributed by atoms with E-state index in [4.69, 9.17) is 16.6 Å². The van der Waals surface area contributed by atoms with Gasteiger partial charge in [-0.1, -0.05) is 30.3 Å². The van der Waals surface area contributed by atoms with E-state index in [2.05, 4.69) is 67.6 Å². The van der Waals surface area contributed by atoms with E-state index in [-0.39, 0.29) is 6.04 Å². The van der Waals surface area contributed by atoms with Crippen molar-refractivity contribution in [1.29, 1.82) is 0 Å². The Morgan fingerprint density at radius 1 is 1.21 bits per heavy atom. The molecule has 1 atom stereocenters. The highest BCUT2D eigenvalue weighted by molar-refractivity contribution is 6.35. The first-order valence-corrected chi connectivity index (χ1v) is 12.0. The maximum atomic E-state index is 6.64. The number of rotatable bonds is 7. The van der Waals surface area contributed by atoms with Crippen molar-refractivity contribution in [1.82, 2.24) is 34.7 Å². The monoisotopic (exact) mass is 476 g/mol. The molecule has 4 aromatic rings. The fourth-order valence-corrected chi connectivity index (χ4v) is 4.83. The van der Waals surface area contributed by atoms with Crippen LogP contribution < -0.4 is 5.32 Å². The number of fused-ring (bicyclic) bond motifs is 2. The highest BCUT2D eigenvalue weighted by atomic mass is 35.5. The Morgan fingerprint density at radius 2 is 2.03 bits per heavy atom. The minimum absolute atomic E-state index is 0.0731. The summed E-state index contributed by atoms with van der Waals surface area (Å²) in [6.07, 6.45) is 3.99. The van der Waals surface area contributed by atoms with Gasteiger partial charge in [0, 0.05) is 50.2 Å². The lowest BCUT2D eigenvalue weighted by Gasteiger charge is -2.36. The van der Waals surface area contributed by atoms with Crippen LogP contribution in [0.2, 0.25) is 5.02 Å². The summed E-state index contributed by atoms with van der Waals surface area (Å²) in [7, 11) is 0. The molecular weight excluding hydrogens is 448 g/mol. The van der Waals surface area contributed by atoms with E-state index in [0.717, 1.165) is 72.0 Å². The van der Waals surface area contributed by atoms with Gasteiger partial charge in [0.05, 0.1) is 28.8 Å². The predicted molar refractivity (Wildman–Crippen MR) is 137 cm³/mol. The summed E-state index contributed by atoms with van der Waals surface area (Å²) in [5.74, 6) is 0.684. The smallest absolute Gasteiger partial charge is 0.162 e. The molecule has 1 unspecified atom stereocenters. The van der Waals surface area contributed by atoms with Gasteiger partial charge in [0.1, 0.15) is 11.8 Å². The van der Waals surface area contributed by atoms with E-state index < -0.39 is 0 Å². The van der Waals surface area contributed by atoms with Crippen molar-refractivity contribution in [2.24, 2.45) is 0 Å². The average Bonchev–Trinajstić information content (AvgIpc) is 3.33. The number of aromatic amines is 1. The van der Waals surface area contributed by atoms with Crippen LogP contribution in [0.25, 0.3) is 21.9 Å². The van der Waals surface area contributed by atoms with Crippen molar-refractivity contribution in [3.63, 3.8) is 0 Å². The second kappa shape index (κ2) is 9.56. The van der Waals surface area contributed by atoms with Crippen molar-refractivity contribution in [2.45, 2.75) is 26.3 Å². The minimum atomic E-state index is -0.0731. The number of nitrogens with one attached hydrogen (secondary N) is 2. The lowest BCUT2D eigenvalue weighted by atomic mass is 10.0. The zero-order valence-corrected chi connectivity index (χ0v) is 20.3. The van der Waals surface area contributed by atoms with Gasteiger partial charge >= 0.3 is 0 Å². The standard InChI is InChI=1S/C25H29ClN8/c1-16(2)34-11-9-33(10-12-34)8-7-20-22-18(5-4-6-19(22)26)13-21(32-20)17(3)31-25-23-24(28-14-27-23)29-15-30-25/h4-6,13-15,17H,1,7-12H2,2-3H3,(H2,27,28,29,30,31). The van der Waals surface area contributed by atoms with Gasteiger partial charge in [0.15, 0.2) is 11.5 Å². The van der Waals surface area contributed by atoms with Crippen molar-refractivity contribution < 1.29 is 0 Å². The maximum Gasteiger partial charge on any atom is 0.162 e. The van der Waals surface area contributed by atoms with Gasteiger partial charge in [-0.3, -0.25) is 9.88 Å². The van der Waals surface area contributed by atoms with Gasteiger partial charge in [-0.2, -0.15) is 0 Å². The third kappa shape index (κ3) is 4.56. The van der Waals surface area contributed by atoms with Crippen molar-refractivity contribution >= 4 is 39.4 Å². The van der Waals surface area contributed by atoms with Crippen LogP contribution in [0.5, 0.6) is 0 Å². The van der Waals surface area contributed by atoms with E-state index in [1.807, 2.05) is 12.1 Å². The zero-order valence-electron chi connectivity index (χ0n) is 19.6. The highest BCUT2D eigenvalue weighted by Crippen LogP contribution is 2.30. The molecular formula is C25H29ClN8. The fourth-order valence-electron chi connectivity index (χ4n) is 4.54. The number of imidazole rings is 1. The molecule has 5 rings (SSSR count). The second-order valence-corrected chi connectivity index (χ2v) is 9.24. The number of hydrogen-bond acceptors (Lipinski definition) is 7. The normalized spacial score (nSPS) is 15.7. The summed E-state index contributed by atoms with van der Waals surface area (Å²) in [6, 6.07) is 8.07. The van der Waals surface area contributed by atoms with Crippen LogP contribution in [0.15, 0.2) is 49.2 Å². The number of pyridine rings is 1. The van der Waals surface area contributed by atoms with Crippen molar-refractivity contribution in [3.8, 4) is 0 Å². The van der Waals surface area contributed by atoms with Crippen molar-refractivity contribution in [2.75, 3.05) is 38.0 Å². The number of halogens is 1. The van der Waals surface area contributed by atoms with Crippen LogP contribution in [-0.2, 0) is 6.42 Å². The second-order valence-electron chi connectivity index (χ2n) is 8.83. The molecule has 0 bridgehead atoms. The Morgan fingerprint density at radius 3 is 2.82 bits per heavy atom. The molecule has 4 heterocycles.